The van der Waals surface area contributed by atoms with E-state index in [0.29, 0.717) is 6.54 Å². The lowest BCUT2D eigenvalue weighted by molar-refractivity contribution is -0.146. The molecule has 1 atom stereocenters. The number of carbonyl (C=O) groups is 3. The molecule has 0 aromatic heterocycles. The van der Waals surface area contributed by atoms with Gasteiger partial charge in [-0.05, 0) is 72.9 Å². The molecule has 0 saturated heterocycles. The van der Waals surface area contributed by atoms with E-state index in [9.17, 15) is 14.4 Å². The molecule has 7 nitrogen and oxygen atoms in total. The van der Waals surface area contributed by atoms with Crippen LogP contribution in [0.4, 0.5) is 4.79 Å². The number of ether oxygens (including phenoxy) is 1. The van der Waals surface area contributed by atoms with Gasteiger partial charge in [0.2, 0.25) is 11.8 Å². The van der Waals surface area contributed by atoms with Crippen LogP contribution >= 0.6 is 0 Å². The van der Waals surface area contributed by atoms with E-state index in [0.717, 1.165) is 29.5 Å². The Balaban J connectivity index is 3.31. The molecule has 32 heavy (non-hydrogen) atoms. The molecule has 1 unspecified atom stereocenters. The molecule has 0 fully saturated rings. The zero-order chi connectivity index (χ0) is 24.7. The van der Waals surface area contributed by atoms with Gasteiger partial charge in [-0.3, -0.25) is 9.59 Å². The van der Waals surface area contributed by atoms with Gasteiger partial charge in [-0.15, -0.1) is 0 Å². The summed E-state index contributed by atoms with van der Waals surface area (Å²) in [6.45, 7) is 17.2. The van der Waals surface area contributed by atoms with Gasteiger partial charge in [0.1, 0.15) is 18.2 Å². The van der Waals surface area contributed by atoms with Gasteiger partial charge in [-0.1, -0.05) is 37.1 Å². The van der Waals surface area contributed by atoms with Gasteiger partial charge in [-0.2, -0.15) is 0 Å². The third kappa shape index (κ3) is 8.52. The molecule has 0 aliphatic carbocycles. The van der Waals surface area contributed by atoms with E-state index in [1.54, 1.807) is 25.7 Å². The molecule has 0 radical (unpaired) electrons. The largest absolute Gasteiger partial charge is 0.444 e. The highest BCUT2D eigenvalue weighted by molar-refractivity contribution is 5.91. The van der Waals surface area contributed by atoms with Gasteiger partial charge < -0.3 is 20.3 Å². The van der Waals surface area contributed by atoms with Crippen molar-refractivity contribution in [2.24, 2.45) is 0 Å². The molecule has 180 valence electrons. The van der Waals surface area contributed by atoms with Crippen LogP contribution in [0.1, 0.15) is 84.0 Å². The topological polar surface area (TPSA) is 87.7 Å². The van der Waals surface area contributed by atoms with Crippen LogP contribution in [0.25, 0.3) is 0 Å². The van der Waals surface area contributed by atoms with E-state index >= 15 is 0 Å². The summed E-state index contributed by atoms with van der Waals surface area (Å²) in [5.41, 5.74) is 1.37. The SMILES string of the molecule is CCCCNC(=O)C(c1cc(C)ccc1C)N(C(=O)CNC(=O)OC(C)(C)C)C(C)(C)C. The number of nitrogens with zero attached hydrogens (tertiary/aromatic N) is 1. The van der Waals surface area contributed by atoms with Gasteiger partial charge in [-0.25, -0.2) is 4.79 Å². The molecule has 1 rings (SSSR count). The van der Waals surface area contributed by atoms with Crippen molar-refractivity contribution in [3.8, 4) is 0 Å². The number of nitrogens with one attached hydrogen (secondary N) is 2. The zero-order valence-corrected chi connectivity index (χ0v) is 21.2. The lowest BCUT2D eigenvalue weighted by atomic mass is 9.92. The van der Waals surface area contributed by atoms with Crippen LogP contribution in [0, 0.1) is 13.8 Å². The number of rotatable bonds is 8. The Morgan fingerprint density at radius 3 is 2.19 bits per heavy atom. The van der Waals surface area contributed by atoms with Crippen molar-refractivity contribution in [1.82, 2.24) is 15.5 Å². The number of benzene rings is 1. The number of hydrogen-bond donors (Lipinski definition) is 2. The molecule has 3 amide bonds. The van der Waals surface area contributed by atoms with E-state index in [1.807, 2.05) is 52.8 Å². The monoisotopic (exact) mass is 447 g/mol. The third-order valence-electron chi connectivity index (χ3n) is 4.84. The van der Waals surface area contributed by atoms with Crippen LogP contribution in [-0.4, -0.2) is 47.0 Å². The molecule has 2 N–H and O–H groups in total. The first-order valence-corrected chi connectivity index (χ1v) is 11.3. The standard InChI is InChI=1S/C25H41N3O4/c1-10-11-14-26-22(30)21(19-15-17(2)12-13-18(19)3)28(24(4,5)6)20(29)16-27-23(31)32-25(7,8)9/h12-13,15,21H,10-11,14,16H2,1-9H3,(H,26,30)(H,27,31). The van der Waals surface area contributed by atoms with Crippen molar-refractivity contribution < 1.29 is 19.1 Å². The van der Waals surface area contributed by atoms with Crippen LogP contribution < -0.4 is 10.6 Å². The average Bonchev–Trinajstić information content (AvgIpc) is 2.64. The van der Waals surface area contributed by atoms with Gasteiger partial charge in [0.05, 0.1) is 0 Å². The zero-order valence-electron chi connectivity index (χ0n) is 21.2. The van der Waals surface area contributed by atoms with Crippen LogP contribution in [0.5, 0.6) is 0 Å². The summed E-state index contributed by atoms with van der Waals surface area (Å²) >= 11 is 0. The summed E-state index contributed by atoms with van der Waals surface area (Å²) < 4.78 is 5.25. The minimum Gasteiger partial charge on any atom is -0.444 e. The summed E-state index contributed by atoms with van der Waals surface area (Å²) in [4.78, 5) is 40.4. The first-order chi connectivity index (χ1) is 14.7. The van der Waals surface area contributed by atoms with Crippen LogP contribution in [0.15, 0.2) is 18.2 Å². The lowest BCUT2D eigenvalue weighted by Crippen LogP contribution is -2.55. The molecule has 1 aromatic rings. The molecule has 0 heterocycles. The second-order valence-electron chi connectivity index (χ2n) is 10.2. The van der Waals surface area contributed by atoms with Crippen molar-refractivity contribution in [1.29, 1.82) is 0 Å². The quantitative estimate of drug-likeness (QED) is 0.578. The van der Waals surface area contributed by atoms with E-state index in [4.69, 9.17) is 4.74 Å². The number of alkyl carbamates (subject to hydrolysis) is 1. The van der Waals surface area contributed by atoms with E-state index < -0.39 is 23.3 Å². The van der Waals surface area contributed by atoms with Gasteiger partial charge >= 0.3 is 6.09 Å². The number of carbonyl (C=O) groups excluding carboxylic acids is 3. The molecule has 0 saturated carbocycles. The van der Waals surface area contributed by atoms with Crippen molar-refractivity contribution in [2.45, 2.75) is 92.3 Å². The van der Waals surface area contributed by atoms with Crippen molar-refractivity contribution in [2.75, 3.05) is 13.1 Å². The summed E-state index contributed by atoms with van der Waals surface area (Å²) in [6, 6.07) is 5.08. The third-order valence-corrected chi connectivity index (χ3v) is 4.84. The predicted molar refractivity (Wildman–Crippen MR) is 127 cm³/mol. The summed E-state index contributed by atoms with van der Waals surface area (Å²) in [6.07, 6.45) is 1.14. The Kier molecular flexibility index (Phi) is 9.73. The van der Waals surface area contributed by atoms with Crippen LogP contribution in [-0.2, 0) is 14.3 Å². The Bertz CT molecular complexity index is 806. The number of unbranched alkanes of at least 4 members (excludes halogenated alkanes) is 1. The molecular weight excluding hydrogens is 406 g/mol. The smallest absolute Gasteiger partial charge is 0.408 e. The van der Waals surface area contributed by atoms with Crippen molar-refractivity contribution >= 4 is 17.9 Å². The molecular formula is C25H41N3O4. The van der Waals surface area contributed by atoms with E-state index in [-0.39, 0.29) is 18.4 Å². The fourth-order valence-electron chi connectivity index (χ4n) is 3.39. The maximum Gasteiger partial charge on any atom is 0.408 e. The van der Waals surface area contributed by atoms with Crippen LogP contribution in [0.2, 0.25) is 0 Å². The van der Waals surface area contributed by atoms with Gasteiger partial charge in [0.15, 0.2) is 0 Å². The first-order valence-electron chi connectivity index (χ1n) is 11.3. The Labute approximate surface area is 193 Å². The lowest BCUT2D eigenvalue weighted by Gasteiger charge is -2.42. The Morgan fingerprint density at radius 1 is 1.03 bits per heavy atom. The molecule has 7 heteroatoms. The first kappa shape index (κ1) is 27.5. The number of amides is 3. The number of hydrogen-bond acceptors (Lipinski definition) is 4. The predicted octanol–water partition coefficient (Wildman–Crippen LogP) is 4.41. The van der Waals surface area contributed by atoms with E-state index in [2.05, 4.69) is 17.6 Å². The van der Waals surface area contributed by atoms with Gasteiger partial charge in [0.25, 0.3) is 0 Å². The van der Waals surface area contributed by atoms with Crippen molar-refractivity contribution in [3.63, 3.8) is 0 Å². The fourth-order valence-corrected chi connectivity index (χ4v) is 3.39. The molecule has 0 aliphatic heterocycles. The normalized spacial score (nSPS) is 12.7. The Hall–Kier alpha value is -2.57. The summed E-state index contributed by atoms with van der Waals surface area (Å²) in [5, 5.41) is 5.52. The Morgan fingerprint density at radius 2 is 1.66 bits per heavy atom. The number of aryl methyl sites for hydroxylation is 2. The average molecular weight is 448 g/mol. The minimum absolute atomic E-state index is 0.229. The van der Waals surface area contributed by atoms with Crippen LogP contribution in [0.3, 0.4) is 0 Å². The molecule has 1 aromatic carbocycles. The highest BCUT2D eigenvalue weighted by Gasteiger charge is 2.39. The highest BCUT2D eigenvalue weighted by Crippen LogP contribution is 2.31. The van der Waals surface area contributed by atoms with E-state index in [1.165, 1.54) is 0 Å². The maximum atomic E-state index is 13.4. The van der Waals surface area contributed by atoms with Crippen molar-refractivity contribution in [3.05, 3.63) is 34.9 Å². The maximum absolute atomic E-state index is 13.4. The summed E-state index contributed by atoms with van der Waals surface area (Å²) in [7, 11) is 0. The summed E-state index contributed by atoms with van der Waals surface area (Å²) in [5.74, 6) is -0.590. The highest BCUT2D eigenvalue weighted by atomic mass is 16.6. The molecule has 0 aliphatic rings. The van der Waals surface area contributed by atoms with Gasteiger partial charge in [0, 0.05) is 12.1 Å². The minimum atomic E-state index is -0.820. The molecule has 0 bridgehead atoms. The fraction of sp³-hybridized carbons (Fsp3) is 0.640. The molecule has 0 spiro atoms. The second-order valence-corrected chi connectivity index (χ2v) is 10.2. The second kappa shape index (κ2) is 11.3.